The van der Waals surface area contributed by atoms with Crippen LogP contribution in [0.15, 0.2) is 34.9 Å². The van der Waals surface area contributed by atoms with Gasteiger partial charge in [-0.15, -0.1) is 0 Å². The van der Waals surface area contributed by atoms with E-state index in [1.165, 1.54) is 0 Å². The van der Waals surface area contributed by atoms with Gasteiger partial charge in [0.15, 0.2) is 5.82 Å². The Kier molecular flexibility index (Phi) is 5.84. The zero-order valence-electron chi connectivity index (χ0n) is 17.8. The Balaban J connectivity index is 1.66. The van der Waals surface area contributed by atoms with Gasteiger partial charge in [-0.25, -0.2) is 0 Å². The first-order valence-corrected chi connectivity index (χ1v) is 10.2. The summed E-state index contributed by atoms with van der Waals surface area (Å²) in [6.07, 6.45) is 4.40. The number of aliphatic imine (C=N–C) groups is 1. The molecule has 3 heterocycles. The normalized spacial score (nSPS) is 21.2. The molecule has 0 bridgehead atoms. The number of carbonyl (C=O) groups excluding carboxylic acids is 1. The van der Waals surface area contributed by atoms with Crippen molar-refractivity contribution >= 4 is 36.3 Å². The van der Waals surface area contributed by atoms with Crippen molar-refractivity contribution in [3.05, 3.63) is 41.0 Å². The van der Waals surface area contributed by atoms with E-state index in [0.717, 1.165) is 28.7 Å². The smallest absolute Gasteiger partial charge is 0.532 e. The average molecular weight is 423 g/mol. The molecule has 0 aliphatic carbocycles. The minimum absolute atomic E-state index is 0.0719. The Hall–Kier alpha value is -3.11. The van der Waals surface area contributed by atoms with Crippen molar-refractivity contribution in [2.24, 2.45) is 16.6 Å². The molecule has 31 heavy (non-hydrogen) atoms. The van der Waals surface area contributed by atoms with Crippen LogP contribution in [0.1, 0.15) is 42.2 Å². The van der Waals surface area contributed by atoms with Gasteiger partial charge in [0, 0.05) is 43.2 Å². The predicted octanol–water partition coefficient (Wildman–Crippen LogP) is 2.21. The highest BCUT2D eigenvalue weighted by Gasteiger charge is 2.30. The largest absolute Gasteiger partial charge is 0.555 e. The lowest BCUT2D eigenvalue weighted by molar-refractivity contribution is 0.0385. The minimum Gasteiger partial charge on any atom is -0.532 e. The standard InChI is InChI=1S/C21H26BN5O4/c1-12-13(2)22(29)31-19-5-4-15(8-16(12)19)25-21-17(20(23)28)10-27(26-21)18-11-30-7-6-14(18)9-24-3/h4-5,8-10,14,18,29H,6-7,11H2,1-3H3,(H2,23,28)(H,25,26)/t14-,18+/m1/s1. The lowest BCUT2D eigenvalue weighted by Crippen LogP contribution is -2.31. The molecule has 2 atom stereocenters. The van der Waals surface area contributed by atoms with Crippen LogP contribution in [0, 0.1) is 5.92 Å². The molecule has 1 aromatic carbocycles. The molecule has 1 amide bonds. The number of nitrogens with two attached hydrogens (primary N) is 1. The number of rotatable bonds is 5. The van der Waals surface area contributed by atoms with E-state index in [1.807, 2.05) is 26.1 Å². The molecule has 0 unspecified atom stereocenters. The molecule has 9 nitrogen and oxygen atoms in total. The van der Waals surface area contributed by atoms with Crippen molar-refractivity contribution in [1.82, 2.24) is 9.78 Å². The van der Waals surface area contributed by atoms with E-state index < -0.39 is 13.0 Å². The molecular weight excluding hydrogens is 397 g/mol. The van der Waals surface area contributed by atoms with Gasteiger partial charge in [-0.2, -0.15) is 5.10 Å². The summed E-state index contributed by atoms with van der Waals surface area (Å²) in [6.45, 7) is 4.92. The maximum Gasteiger partial charge on any atom is 0.555 e. The van der Waals surface area contributed by atoms with Crippen molar-refractivity contribution < 1.29 is 19.2 Å². The molecule has 2 aromatic rings. The van der Waals surface area contributed by atoms with E-state index in [-0.39, 0.29) is 12.0 Å². The van der Waals surface area contributed by atoms with Crippen molar-refractivity contribution in [3.8, 4) is 5.75 Å². The van der Waals surface area contributed by atoms with Crippen molar-refractivity contribution in [2.75, 3.05) is 25.6 Å². The maximum atomic E-state index is 12.1. The van der Waals surface area contributed by atoms with Gasteiger partial charge in [0.2, 0.25) is 0 Å². The molecule has 162 valence electrons. The number of primary amides is 1. The van der Waals surface area contributed by atoms with Crippen molar-refractivity contribution in [1.29, 1.82) is 0 Å². The van der Waals surface area contributed by atoms with E-state index in [9.17, 15) is 9.82 Å². The Morgan fingerprint density at radius 1 is 1.45 bits per heavy atom. The number of benzene rings is 1. The SMILES string of the molecule is CN=C[C@H]1CCOC[C@@H]1n1cc(C(N)=O)c(Nc2ccc3c(c2)C(C)=C(C)B(O)O3)n1. The summed E-state index contributed by atoms with van der Waals surface area (Å²) in [5.41, 5.74) is 9.22. The summed E-state index contributed by atoms with van der Waals surface area (Å²) in [7, 11) is 0.801. The monoisotopic (exact) mass is 423 g/mol. The zero-order valence-corrected chi connectivity index (χ0v) is 17.8. The Bertz CT molecular complexity index is 1060. The van der Waals surface area contributed by atoms with Crippen LogP contribution in [0.4, 0.5) is 11.5 Å². The van der Waals surface area contributed by atoms with Gasteiger partial charge in [0.25, 0.3) is 5.91 Å². The molecule has 1 saturated heterocycles. The zero-order chi connectivity index (χ0) is 22.1. The fraction of sp³-hybridized carbons (Fsp3) is 0.381. The molecule has 2 aliphatic heterocycles. The Labute approximate surface area is 181 Å². The van der Waals surface area contributed by atoms with E-state index in [2.05, 4.69) is 15.4 Å². The van der Waals surface area contributed by atoms with Gasteiger partial charge in [0.05, 0.1) is 12.6 Å². The first-order chi connectivity index (χ1) is 14.9. The number of anilines is 2. The first-order valence-electron chi connectivity index (χ1n) is 10.2. The second-order valence-electron chi connectivity index (χ2n) is 7.85. The first kappa shape index (κ1) is 21.1. The Morgan fingerprint density at radius 3 is 3.00 bits per heavy atom. The van der Waals surface area contributed by atoms with E-state index in [1.54, 1.807) is 30.1 Å². The number of hydrogen-bond donors (Lipinski definition) is 3. The van der Waals surface area contributed by atoms with Gasteiger partial charge in [0.1, 0.15) is 11.3 Å². The second kappa shape index (κ2) is 8.56. The summed E-state index contributed by atoms with van der Waals surface area (Å²) in [5.74, 6) is 0.570. The number of nitrogens with zero attached hydrogens (tertiary/aromatic N) is 3. The lowest BCUT2D eigenvalue weighted by Gasteiger charge is -2.29. The van der Waals surface area contributed by atoms with Crippen LogP contribution in [0.2, 0.25) is 0 Å². The topological polar surface area (TPSA) is 124 Å². The third kappa shape index (κ3) is 4.08. The van der Waals surface area contributed by atoms with Crippen molar-refractivity contribution in [3.63, 3.8) is 0 Å². The van der Waals surface area contributed by atoms with Gasteiger partial charge in [-0.05, 0) is 49.5 Å². The molecule has 10 heteroatoms. The number of aromatic nitrogens is 2. The summed E-state index contributed by atoms with van der Waals surface area (Å²) >= 11 is 0. The number of ether oxygens (including phenoxy) is 1. The summed E-state index contributed by atoms with van der Waals surface area (Å²) < 4.78 is 12.9. The van der Waals surface area contributed by atoms with Crippen LogP contribution in [0.5, 0.6) is 5.75 Å². The maximum absolute atomic E-state index is 12.1. The summed E-state index contributed by atoms with van der Waals surface area (Å²) in [5, 5.41) is 17.8. The molecule has 0 spiro atoms. The highest BCUT2D eigenvalue weighted by Crippen LogP contribution is 2.36. The second-order valence-corrected chi connectivity index (χ2v) is 7.85. The highest BCUT2D eigenvalue weighted by molar-refractivity contribution is 6.55. The molecule has 1 fully saturated rings. The minimum atomic E-state index is -0.944. The third-order valence-corrected chi connectivity index (χ3v) is 5.90. The fourth-order valence-electron chi connectivity index (χ4n) is 3.96. The molecule has 4 N–H and O–H groups in total. The molecule has 4 rings (SSSR count). The van der Waals surface area contributed by atoms with Crippen molar-refractivity contribution in [2.45, 2.75) is 26.3 Å². The van der Waals surface area contributed by atoms with Gasteiger partial charge in [-0.1, -0.05) is 0 Å². The molecule has 2 aliphatic rings. The molecule has 0 radical (unpaired) electrons. The molecular formula is C21H26BN5O4. The van der Waals surface area contributed by atoms with Crippen LogP contribution in [0.3, 0.4) is 0 Å². The van der Waals surface area contributed by atoms with E-state index in [0.29, 0.717) is 30.3 Å². The van der Waals surface area contributed by atoms with Gasteiger partial charge >= 0.3 is 7.12 Å². The Morgan fingerprint density at radius 2 is 2.26 bits per heavy atom. The van der Waals surface area contributed by atoms with Crippen LogP contribution < -0.4 is 15.7 Å². The van der Waals surface area contributed by atoms with E-state index in [4.69, 9.17) is 15.1 Å². The average Bonchev–Trinajstić information content (AvgIpc) is 3.17. The number of nitrogens with one attached hydrogen (secondary N) is 1. The number of hydrogen-bond acceptors (Lipinski definition) is 7. The van der Waals surface area contributed by atoms with Crippen LogP contribution in [0.25, 0.3) is 5.57 Å². The van der Waals surface area contributed by atoms with E-state index >= 15 is 0 Å². The number of fused-ring (bicyclic) bond motifs is 1. The number of carbonyl (C=O) groups is 1. The van der Waals surface area contributed by atoms with Crippen LogP contribution in [-0.4, -0.2) is 54.3 Å². The van der Waals surface area contributed by atoms with Crippen LogP contribution >= 0.6 is 0 Å². The fourth-order valence-corrected chi connectivity index (χ4v) is 3.96. The molecule has 1 aromatic heterocycles. The van der Waals surface area contributed by atoms with Crippen LogP contribution in [-0.2, 0) is 4.74 Å². The van der Waals surface area contributed by atoms with Gasteiger partial charge in [-0.3, -0.25) is 9.48 Å². The summed E-state index contributed by atoms with van der Waals surface area (Å²) in [6, 6.07) is 5.41. The predicted molar refractivity (Wildman–Crippen MR) is 120 cm³/mol. The number of allylic oxidation sites excluding steroid dienone is 2. The lowest BCUT2D eigenvalue weighted by atomic mass is 9.73. The van der Waals surface area contributed by atoms with Gasteiger partial charge < -0.3 is 30.5 Å². The highest BCUT2D eigenvalue weighted by atomic mass is 16.5. The number of amides is 1. The summed E-state index contributed by atoms with van der Waals surface area (Å²) in [4.78, 5) is 16.3. The molecule has 0 saturated carbocycles. The quantitative estimate of drug-likeness (QED) is 0.501. The third-order valence-electron chi connectivity index (χ3n) is 5.90.